The third-order valence-corrected chi connectivity index (χ3v) is 8.26. The molecule has 2 atom stereocenters. The molecule has 0 saturated carbocycles. The van der Waals surface area contributed by atoms with Crippen LogP contribution in [0.4, 0.5) is 5.69 Å². The van der Waals surface area contributed by atoms with Crippen molar-refractivity contribution in [3.63, 3.8) is 0 Å². The van der Waals surface area contributed by atoms with Crippen molar-refractivity contribution in [1.29, 1.82) is 0 Å². The number of amides is 1. The first-order valence-electron chi connectivity index (χ1n) is 9.15. The van der Waals surface area contributed by atoms with Gasteiger partial charge in [0.2, 0.25) is 0 Å². The van der Waals surface area contributed by atoms with Gasteiger partial charge in [0, 0.05) is 22.0 Å². The molecule has 2 saturated heterocycles. The van der Waals surface area contributed by atoms with E-state index in [0.29, 0.717) is 21.7 Å². The van der Waals surface area contributed by atoms with Crippen molar-refractivity contribution in [2.45, 2.75) is 11.3 Å². The van der Waals surface area contributed by atoms with E-state index in [-0.39, 0.29) is 29.4 Å². The van der Waals surface area contributed by atoms with Crippen LogP contribution in [0.15, 0.2) is 53.5 Å². The Hall–Kier alpha value is -2.23. The Bertz CT molecular complexity index is 1090. The number of ether oxygens (including phenoxy) is 2. The average Bonchev–Trinajstić information content (AvgIpc) is 3.18. The molecule has 0 aromatic heterocycles. The number of amidine groups is 1. The molecule has 0 bridgehead atoms. The van der Waals surface area contributed by atoms with Gasteiger partial charge in [-0.3, -0.25) is 4.79 Å². The lowest BCUT2D eigenvalue weighted by Crippen LogP contribution is -2.37. The molecule has 158 valence electrons. The second-order valence-electron chi connectivity index (χ2n) is 6.90. The third-order valence-electron chi connectivity index (χ3n) is 4.79. The number of hydrogen-bond donors (Lipinski definition) is 0. The van der Waals surface area contributed by atoms with Crippen LogP contribution >= 0.6 is 23.4 Å². The van der Waals surface area contributed by atoms with Gasteiger partial charge >= 0.3 is 0 Å². The SMILES string of the molecule is COc1cccc(N2C(=NC(=O)COc3ccc(Cl)cc3)S[C@H]3CS(=O)(=O)C[C@@H]32)c1. The van der Waals surface area contributed by atoms with Gasteiger partial charge in [0.1, 0.15) is 11.5 Å². The number of fused-ring (bicyclic) bond motifs is 1. The lowest BCUT2D eigenvalue weighted by atomic mass is 10.2. The van der Waals surface area contributed by atoms with Gasteiger partial charge in [0.15, 0.2) is 21.6 Å². The number of rotatable bonds is 5. The molecular formula is C20H19ClN2O5S2. The van der Waals surface area contributed by atoms with E-state index < -0.39 is 15.7 Å². The van der Waals surface area contributed by atoms with Gasteiger partial charge in [-0.2, -0.15) is 4.99 Å². The number of thioether (sulfide) groups is 1. The van der Waals surface area contributed by atoms with E-state index in [1.165, 1.54) is 11.8 Å². The maximum atomic E-state index is 12.5. The molecule has 2 fully saturated rings. The second kappa shape index (κ2) is 8.49. The molecule has 0 spiro atoms. The maximum absolute atomic E-state index is 12.5. The number of carbonyl (C=O) groups excluding carboxylic acids is 1. The Labute approximate surface area is 183 Å². The molecule has 2 heterocycles. The first kappa shape index (κ1) is 21.0. The van der Waals surface area contributed by atoms with Crippen LogP contribution < -0.4 is 14.4 Å². The highest BCUT2D eigenvalue weighted by molar-refractivity contribution is 8.16. The summed E-state index contributed by atoms with van der Waals surface area (Å²) in [5, 5.41) is 0.870. The zero-order valence-electron chi connectivity index (χ0n) is 16.0. The van der Waals surface area contributed by atoms with E-state index in [0.717, 1.165) is 5.69 Å². The van der Waals surface area contributed by atoms with Gasteiger partial charge in [0.25, 0.3) is 5.91 Å². The van der Waals surface area contributed by atoms with Gasteiger partial charge in [0.05, 0.1) is 24.7 Å². The van der Waals surface area contributed by atoms with Gasteiger partial charge in [-0.05, 0) is 36.4 Å². The van der Waals surface area contributed by atoms with E-state index in [1.807, 2.05) is 17.0 Å². The minimum atomic E-state index is -3.13. The molecule has 10 heteroatoms. The fraction of sp³-hybridized carbons (Fsp3) is 0.300. The highest BCUT2D eigenvalue weighted by Gasteiger charge is 2.49. The standard InChI is InChI=1S/C20H19ClN2O5S2/c1-27-16-4-2-3-14(9-16)23-17-11-30(25,26)12-18(17)29-20(23)22-19(24)10-28-15-7-5-13(21)6-8-15/h2-9,17-18H,10-12H2,1H3/t17-,18-/m0/s1. The first-order chi connectivity index (χ1) is 14.3. The van der Waals surface area contributed by atoms with Crippen LogP contribution in [-0.2, 0) is 14.6 Å². The second-order valence-corrected chi connectivity index (χ2v) is 10.7. The molecule has 0 unspecified atom stereocenters. The van der Waals surface area contributed by atoms with E-state index >= 15 is 0 Å². The summed E-state index contributed by atoms with van der Waals surface area (Å²) in [6.07, 6.45) is 0. The summed E-state index contributed by atoms with van der Waals surface area (Å²) < 4.78 is 35.1. The van der Waals surface area contributed by atoms with E-state index in [2.05, 4.69) is 4.99 Å². The van der Waals surface area contributed by atoms with Crippen LogP contribution in [0.5, 0.6) is 11.5 Å². The number of halogens is 1. The predicted octanol–water partition coefficient (Wildman–Crippen LogP) is 3.03. The van der Waals surface area contributed by atoms with Crippen molar-refractivity contribution in [1.82, 2.24) is 0 Å². The van der Waals surface area contributed by atoms with Gasteiger partial charge < -0.3 is 14.4 Å². The van der Waals surface area contributed by atoms with Crippen LogP contribution in [0.3, 0.4) is 0 Å². The molecule has 30 heavy (non-hydrogen) atoms. The Morgan fingerprint density at radius 2 is 1.97 bits per heavy atom. The summed E-state index contributed by atoms with van der Waals surface area (Å²) in [4.78, 5) is 18.5. The van der Waals surface area contributed by atoms with Gasteiger partial charge in [-0.1, -0.05) is 29.4 Å². The lowest BCUT2D eigenvalue weighted by Gasteiger charge is -2.24. The quantitative estimate of drug-likeness (QED) is 0.669. The molecule has 7 nitrogen and oxygen atoms in total. The molecule has 2 aliphatic rings. The fourth-order valence-electron chi connectivity index (χ4n) is 3.44. The minimum absolute atomic E-state index is 0.0242. The normalized spacial score (nSPS) is 23.4. The number of hydrogen-bond acceptors (Lipinski definition) is 6. The average molecular weight is 467 g/mol. The summed E-state index contributed by atoms with van der Waals surface area (Å²) >= 11 is 7.16. The van der Waals surface area contributed by atoms with Crippen LogP contribution in [-0.4, -0.2) is 56.0 Å². The number of sulfone groups is 1. The van der Waals surface area contributed by atoms with Crippen LogP contribution in [0.25, 0.3) is 0 Å². The molecule has 0 aliphatic carbocycles. The predicted molar refractivity (Wildman–Crippen MR) is 119 cm³/mol. The number of nitrogens with zero attached hydrogens (tertiary/aromatic N) is 2. The zero-order valence-corrected chi connectivity index (χ0v) is 18.4. The number of methoxy groups -OCH3 is 1. The molecule has 4 rings (SSSR count). The topological polar surface area (TPSA) is 85.3 Å². The first-order valence-corrected chi connectivity index (χ1v) is 12.2. The van der Waals surface area contributed by atoms with Crippen molar-refractivity contribution < 1.29 is 22.7 Å². The van der Waals surface area contributed by atoms with Crippen molar-refractivity contribution in [3.05, 3.63) is 53.6 Å². The maximum Gasteiger partial charge on any atom is 0.285 e. The largest absolute Gasteiger partial charge is 0.497 e. The molecule has 0 radical (unpaired) electrons. The molecule has 2 aromatic carbocycles. The van der Waals surface area contributed by atoms with Crippen molar-refractivity contribution in [2.75, 3.05) is 30.1 Å². The number of anilines is 1. The Balaban J connectivity index is 1.57. The monoisotopic (exact) mass is 466 g/mol. The highest BCUT2D eigenvalue weighted by Crippen LogP contribution is 2.41. The Morgan fingerprint density at radius 1 is 1.20 bits per heavy atom. The van der Waals surface area contributed by atoms with Crippen molar-refractivity contribution >= 4 is 50.0 Å². The van der Waals surface area contributed by atoms with E-state index in [1.54, 1.807) is 43.5 Å². The van der Waals surface area contributed by atoms with Crippen LogP contribution in [0.1, 0.15) is 0 Å². The summed E-state index contributed by atoms with van der Waals surface area (Å²) in [6, 6.07) is 13.7. The lowest BCUT2D eigenvalue weighted by molar-refractivity contribution is -0.119. The third kappa shape index (κ3) is 4.58. The van der Waals surface area contributed by atoms with Crippen molar-refractivity contribution in [3.8, 4) is 11.5 Å². The smallest absolute Gasteiger partial charge is 0.285 e. The van der Waals surface area contributed by atoms with Crippen LogP contribution in [0.2, 0.25) is 5.02 Å². The Morgan fingerprint density at radius 3 is 2.70 bits per heavy atom. The summed E-state index contributed by atoms with van der Waals surface area (Å²) in [5.41, 5.74) is 0.733. The number of carbonyl (C=O) groups is 1. The fourth-order valence-corrected chi connectivity index (χ4v) is 7.50. The molecule has 2 aliphatic heterocycles. The highest BCUT2D eigenvalue weighted by atomic mass is 35.5. The van der Waals surface area contributed by atoms with Gasteiger partial charge in [-0.15, -0.1) is 0 Å². The minimum Gasteiger partial charge on any atom is -0.497 e. The number of benzene rings is 2. The molecule has 2 aromatic rings. The Kier molecular flexibility index (Phi) is 5.95. The molecule has 1 amide bonds. The summed E-state index contributed by atoms with van der Waals surface area (Å²) in [7, 11) is -1.57. The van der Waals surface area contributed by atoms with E-state index in [9.17, 15) is 13.2 Å². The summed E-state index contributed by atoms with van der Waals surface area (Å²) in [6.45, 7) is -0.231. The van der Waals surface area contributed by atoms with E-state index in [4.69, 9.17) is 21.1 Å². The van der Waals surface area contributed by atoms with Crippen LogP contribution in [0, 0.1) is 0 Å². The summed E-state index contributed by atoms with van der Waals surface area (Å²) in [5.74, 6) is 0.787. The van der Waals surface area contributed by atoms with Gasteiger partial charge in [-0.25, -0.2) is 8.42 Å². The molecule has 0 N–H and O–H groups in total. The number of aliphatic imine (C=N–C) groups is 1. The molecular weight excluding hydrogens is 448 g/mol. The zero-order chi connectivity index (χ0) is 21.3. The van der Waals surface area contributed by atoms with Crippen molar-refractivity contribution in [2.24, 2.45) is 4.99 Å².